The van der Waals surface area contributed by atoms with E-state index in [4.69, 9.17) is 9.72 Å². The summed E-state index contributed by atoms with van der Waals surface area (Å²) in [6.45, 7) is 10.1. The van der Waals surface area contributed by atoms with Gasteiger partial charge in [-0.2, -0.15) is 0 Å². The second-order valence-corrected chi connectivity index (χ2v) is 14.4. The van der Waals surface area contributed by atoms with Crippen molar-refractivity contribution in [3.05, 3.63) is 65.6 Å². The molecular weight excluding hydrogens is 621 g/mol. The smallest absolute Gasteiger partial charge is 0.261 e. The summed E-state index contributed by atoms with van der Waals surface area (Å²) in [6, 6.07) is 15.5. The van der Waals surface area contributed by atoms with E-state index in [2.05, 4.69) is 48.7 Å². The van der Waals surface area contributed by atoms with E-state index in [0.29, 0.717) is 41.8 Å². The highest BCUT2D eigenvalue weighted by atomic mass is 19.1. The van der Waals surface area contributed by atoms with Gasteiger partial charge in [0.05, 0.1) is 29.3 Å². The van der Waals surface area contributed by atoms with Crippen molar-refractivity contribution >= 4 is 28.6 Å². The Kier molecular flexibility index (Phi) is 9.34. The lowest BCUT2D eigenvalue weighted by Gasteiger charge is -2.42. The number of nitrogens with zero attached hydrogens (tertiary/aromatic N) is 6. The molecule has 4 heterocycles. The summed E-state index contributed by atoms with van der Waals surface area (Å²) in [6.07, 6.45) is 5.03. The van der Waals surface area contributed by atoms with Crippen LogP contribution in [0.25, 0.3) is 22.3 Å². The number of pyridine rings is 1. The van der Waals surface area contributed by atoms with Crippen LogP contribution in [0.15, 0.2) is 48.5 Å². The third-order valence-electron chi connectivity index (χ3n) is 10.9. The van der Waals surface area contributed by atoms with Gasteiger partial charge in [0.2, 0.25) is 5.95 Å². The van der Waals surface area contributed by atoms with Crippen LogP contribution in [0.5, 0.6) is 5.75 Å². The molecule has 11 heteroatoms. The number of rotatable bonds is 7. The second kappa shape index (κ2) is 13.7. The van der Waals surface area contributed by atoms with E-state index >= 15 is 4.39 Å². The Labute approximate surface area is 287 Å². The van der Waals surface area contributed by atoms with E-state index in [1.807, 2.05) is 13.0 Å². The zero-order valence-electron chi connectivity index (χ0n) is 29.1. The van der Waals surface area contributed by atoms with Gasteiger partial charge < -0.3 is 24.2 Å². The molecule has 0 spiro atoms. The lowest BCUT2D eigenvalue weighted by molar-refractivity contribution is 0.0106. The standard InChI is InChI=1S/C38H48FN7O3/c1-25-23-30(34(39)35(40-25)29-7-5-6-8-33(29)49-4)36(47)42-37-41-31-10-9-28(24-32(31)46(37)27-11-15-38(2,48)16-12-27)44-17-13-26(14-18-44)45-21-19-43(3)20-22-45/h5-10,23-24,26-27,48H,11-22H2,1-4H3,(H,41,42,47)/t27-,38+. The van der Waals surface area contributed by atoms with Crippen LogP contribution in [-0.2, 0) is 0 Å². The van der Waals surface area contributed by atoms with Gasteiger partial charge in [-0.25, -0.2) is 14.4 Å². The minimum absolute atomic E-state index is 0.0203. The molecule has 1 amide bonds. The van der Waals surface area contributed by atoms with Gasteiger partial charge in [0.25, 0.3) is 5.91 Å². The zero-order chi connectivity index (χ0) is 34.3. The van der Waals surface area contributed by atoms with Gasteiger partial charge in [0.15, 0.2) is 5.82 Å². The van der Waals surface area contributed by atoms with Crippen LogP contribution in [-0.4, -0.2) is 100 Å². The van der Waals surface area contributed by atoms with E-state index in [1.54, 1.807) is 31.2 Å². The van der Waals surface area contributed by atoms with Gasteiger partial charge in [-0.05, 0) is 95.8 Å². The maximum atomic E-state index is 16.1. The van der Waals surface area contributed by atoms with Crippen molar-refractivity contribution in [3.8, 4) is 17.0 Å². The Morgan fingerprint density at radius 3 is 2.39 bits per heavy atom. The number of carbonyl (C=O) groups is 1. The third-order valence-corrected chi connectivity index (χ3v) is 10.9. The average molecular weight is 670 g/mol. The molecular formula is C38H48FN7O3. The Bertz CT molecular complexity index is 1820. The molecule has 2 saturated heterocycles. The van der Waals surface area contributed by atoms with E-state index in [0.717, 1.165) is 81.7 Å². The van der Waals surface area contributed by atoms with Gasteiger partial charge >= 0.3 is 0 Å². The molecule has 0 bridgehead atoms. The van der Waals surface area contributed by atoms with Crippen molar-refractivity contribution in [1.82, 2.24) is 24.3 Å². The number of hydrogen-bond donors (Lipinski definition) is 2. The number of ether oxygens (including phenoxy) is 1. The molecule has 7 rings (SSSR count). The first-order valence-electron chi connectivity index (χ1n) is 17.6. The van der Waals surface area contributed by atoms with Crippen LogP contribution >= 0.6 is 0 Å². The topological polar surface area (TPSA) is 99.0 Å². The van der Waals surface area contributed by atoms with Gasteiger partial charge in [0, 0.05) is 68.3 Å². The predicted octanol–water partition coefficient (Wildman–Crippen LogP) is 5.89. The first-order valence-corrected chi connectivity index (χ1v) is 17.6. The maximum Gasteiger partial charge on any atom is 0.261 e. The van der Waals surface area contributed by atoms with Crippen molar-refractivity contribution in [2.75, 3.05) is 63.6 Å². The van der Waals surface area contributed by atoms with Crippen molar-refractivity contribution in [1.29, 1.82) is 0 Å². The average Bonchev–Trinajstić information content (AvgIpc) is 3.46. The molecule has 1 saturated carbocycles. The summed E-state index contributed by atoms with van der Waals surface area (Å²) in [5, 5.41) is 13.7. The number of fused-ring (bicyclic) bond motifs is 1. The fraction of sp³-hybridized carbons (Fsp3) is 0.500. The molecule has 0 unspecified atom stereocenters. The highest BCUT2D eigenvalue weighted by Crippen LogP contribution is 2.40. The number of carbonyl (C=O) groups excluding carboxylic acids is 1. The number of halogens is 1. The van der Waals surface area contributed by atoms with E-state index < -0.39 is 17.3 Å². The predicted molar refractivity (Wildman–Crippen MR) is 191 cm³/mol. The van der Waals surface area contributed by atoms with E-state index in [1.165, 1.54) is 13.2 Å². The number of methoxy groups -OCH3 is 1. The summed E-state index contributed by atoms with van der Waals surface area (Å²) < 4.78 is 23.7. The van der Waals surface area contributed by atoms with Crippen molar-refractivity contribution < 1.29 is 19.0 Å². The van der Waals surface area contributed by atoms with Gasteiger partial charge in [-0.1, -0.05) is 12.1 Å². The van der Waals surface area contributed by atoms with Crippen LogP contribution in [0, 0.1) is 12.7 Å². The number of hydrogen-bond acceptors (Lipinski definition) is 8. The molecule has 0 radical (unpaired) electrons. The number of aliphatic hydroxyl groups is 1. The molecule has 2 aliphatic heterocycles. The molecule has 10 nitrogen and oxygen atoms in total. The third kappa shape index (κ3) is 6.89. The fourth-order valence-corrected chi connectivity index (χ4v) is 7.91. The van der Waals surface area contributed by atoms with Crippen LogP contribution in [0.4, 0.5) is 16.0 Å². The first kappa shape index (κ1) is 33.4. The van der Waals surface area contributed by atoms with Gasteiger partial charge in [-0.3, -0.25) is 15.0 Å². The monoisotopic (exact) mass is 669 g/mol. The summed E-state index contributed by atoms with van der Waals surface area (Å²) in [4.78, 5) is 30.8. The lowest BCUT2D eigenvalue weighted by atomic mass is 9.83. The van der Waals surface area contributed by atoms with E-state index in [-0.39, 0.29) is 17.3 Å². The summed E-state index contributed by atoms with van der Waals surface area (Å²) in [5.74, 6) is -0.457. The minimum atomic E-state index is -0.720. The number of piperidine rings is 1. The normalized spacial score (nSPS) is 22.8. The number of likely N-dealkylation sites (N-methyl/N-ethyl adjacent to an activating group) is 1. The zero-order valence-corrected chi connectivity index (χ0v) is 29.1. The molecule has 4 aromatic rings. The molecule has 1 aliphatic carbocycles. The fourth-order valence-electron chi connectivity index (χ4n) is 7.91. The lowest BCUT2D eigenvalue weighted by Crippen LogP contribution is -2.52. The SMILES string of the molecule is COc1ccccc1-c1nc(C)cc(C(=O)Nc2nc3ccc(N4CCC(N5CCN(C)CC5)CC4)cc3n2[C@H]2CC[C@@](C)(O)CC2)c1F. The van der Waals surface area contributed by atoms with Crippen LogP contribution in [0.3, 0.4) is 0 Å². The number of nitrogens with one attached hydrogen (secondary N) is 1. The molecule has 49 heavy (non-hydrogen) atoms. The number of aromatic nitrogens is 3. The van der Waals surface area contributed by atoms with Gasteiger partial charge in [-0.15, -0.1) is 0 Å². The Morgan fingerprint density at radius 2 is 1.67 bits per heavy atom. The van der Waals surface area contributed by atoms with Crippen LogP contribution in [0.1, 0.15) is 67.5 Å². The molecule has 2 aromatic carbocycles. The number of para-hydroxylation sites is 1. The van der Waals surface area contributed by atoms with Crippen molar-refractivity contribution in [2.45, 2.75) is 70.1 Å². The molecule has 3 fully saturated rings. The first-order chi connectivity index (χ1) is 23.6. The van der Waals surface area contributed by atoms with Gasteiger partial charge in [0.1, 0.15) is 11.4 Å². The number of benzene rings is 2. The maximum absolute atomic E-state index is 16.1. The molecule has 260 valence electrons. The highest BCUT2D eigenvalue weighted by Gasteiger charge is 2.33. The van der Waals surface area contributed by atoms with Crippen LogP contribution in [0.2, 0.25) is 0 Å². The summed E-state index contributed by atoms with van der Waals surface area (Å²) >= 11 is 0. The number of aryl methyl sites for hydroxylation is 1. The van der Waals surface area contributed by atoms with Crippen molar-refractivity contribution in [2.24, 2.45) is 0 Å². The number of amides is 1. The number of anilines is 2. The molecule has 2 aromatic heterocycles. The molecule has 2 N–H and O–H groups in total. The number of imidazole rings is 1. The van der Waals surface area contributed by atoms with E-state index in [9.17, 15) is 9.90 Å². The Morgan fingerprint density at radius 1 is 0.959 bits per heavy atom. The van der Waals surface area contributed by atoms with Crippen molar-refractivity contribution in [3.63, 3.8) is 0 Å². The number of piperazine rings is 1. The van der Waals surface area contributed by atoms with Crippen LogP contribution < -0.4 is 15.0 Å². The molecule has 3 aliphatic rings. The highest BCUT2D eigenvalue weighted by molar-refractivity contribution is 6.05. The second-order valence-electron chi connectivity index (χ2n) is 14.4. The quantitative estimate of drug-likeness (QED) is 0.252. The Hall–Kier alpha value is -4.06. The molecule has 0 atom stereocenters. The minimum Gasteiger partial charge on any atom is -0.496 e. The largest absolute Gasteiger partial charge is 0.496 e. The Balaban J connectivity index is 1.19. The summed E-state index contributed by atoms with van der Waals surface area (Å²) in [5.41, 5.74) is 3.06. The summed E-state index contributed by atoms with van der Waals surface area (Å²) in [7, 11) is 3.72.